The van der Waals surface area contributed by atoms with Crippen molar-refractivity contribution >= 4 is 29.1 Å². The second-order valence-corrected chi connectivity index (χ2v) is 5.62. The number of aromatic amines is 1. The number of esters is 1. The second kappa shape index (κ2) is 5.49. The van der Waals surface area contributed by atoms with Crippen LogP contribution in [0, 0.1) is 13.8 Å². The molecule has 96 valence electrons. The summed E-state index contributed by atoms with van der Waals surface area (Å²) in [5, 5.41) is 8.42. The standard InChI is InChI=1S/C10H12N4O2S2/c1-5-8(18-6(2)11-5)9-12-10(14-13-9)17-4-7(15)16-3/h4H2,1-3H3,(H,12,13,14). The third-order valence-corrected chi connectivity index (χ3v) is 4.03. The number of carbonyl (C=O) groups is 1. The Morgan fingerprint density at radius 1 is 1.44 bits per heavy atom. The Labute approximate surface area is 112 Å². The first-order valence-electron chi connectivity index (χ1n) is 5.16. The van der Waals surface area contributed by atoms with Gasteiger partial charge in [-0.25, -0.2) is 9.97 Å². The fourth-order valence-electron chi connectivity index (χ4n) is 1.35. The van der Waals surface area contributed by atoms with Gasteiger partial charge in [-0.15, -0.1) is 16.4 Å². The molecule has 6 nitrogen and oxygen atoms in total. The van der Waals surface area contributed by atoms with E-state index in [0.29, 0.717) is 11.0 Å². The zero-order valence-corrected chi connectivity index (χ0v) is 11.8. The van der Waals surface area contributed by atoms with Crippen molar-refractivity contribution in [3.63, 3.8) is 0 Å². The minimum atomic E-state index is -0.295. The van der Waals surface area contributed by atoms with Crippen molar-refractivity contribution in [1.82, 2.24) is 20.2 Å². The number of rotatable bonds is 4. The van der Waals surface area contributed by atoms with Gasteiger partial charge in [0, 0.05) is 0 Å². The molecule has 0 amide bonds. The molecule has 2 rings (SSSR count). The molecule has 0 fully saturated rings. The average molecular weight is 284 g/mol. The molecule has 2 heterocycles. The zero-order valence-electron chi connectivity index (χ0n) is 10.2. The van der Waals surface area contributed by atoms with E-state index in [1.54, 1.807) is 11.3 Å². The van der Waals surface area contributed by atoms with Crippen molar-refractivity contribution in [2.75, 3.05) is 12.9 Å². The summed E-state index contributed by atoms with van der Waals surface area (Å²) in [5.41, 5.74) is 0.929. The summed E-state index contributed by atoms with van der Waals surface area (Å²) in [6, 6.07) is 0. The molecule has 2 aromatic heterocycles. The minimum Gasteiger partial charge on any atom is -0.468 e. The molecule has 0 spiro atoms. The molecule has 0 radical (unpaired) electrons. The number of ether oxygens (including phenoxy) is 1. The maximum absolute atomic E-state index is 11.0. The van der Waals surface area contributed by atoms with E-state index >= 15 is 0 Å². The Morgan fingerprint density at radius 2 is 2.22 bits per heavy atom. The van der Waals surface area contributed by atoms with Gasteiger partial charge in [0.15, 0.2) is 5.82 Å². The van der Waals surface area contributed by atoms with Crippen molar-refractivity contribution < 1.29 is 9.53 Å². The summed E-state index contributed by atoms with van der Waals surface area (Å²) >= 11 is 2.80. The number of thiazole rings is 1. The zero-order chi connectivity index (χ0) is 13.1. The fourth-order valence-corrected chi connectivity index (χ4v) is 2.84. The number of hydrogen-bond acceptors (Lipinski definition) is 7. The van der Waals surface area contributed by atoms with Gasteiger partial charge in [0.2, 0.25) is 5.16 Å². The molecule has 0 saturated carbocycles. The second-order valence-electron chi connectivity index (χ2n) is 3.48. The largest absolute Gasteiger partial charge is 0.468 e. The van der Waals surface area contributed by atoms with Crippen LogP contribution in [0.4, 0.5) is 0 Å². The van der Waals surface area contributed by atoms with Crippen LogP contribution in [0.5, 0.6) is 0 Å². The summed E-state index contributed by atoms with van der Waals surface area (Å²) in [6.45, 7) is 3.88. The van der Waals surface area contributed by atoms with E-state index in [2.05, 4.69) is 24.9 Å². The number of aryl methyl sites for hydroxylation is 2. The molecule has 0 saturated heterocycles. The molecular formula is C10H12N4O2S2. The van der Waals surface area contributed by atoms with Gasteiger partial charge in [-0.1, -0.05) is 11.8 Å². The van der Waals surface area contributed by atoms with Crippen molar-refractivity contribution in [3.8, 4) is 10.7 Å². The molecule has 0 unspecified atom stereocenters. The predicted octanol–water partition coefficient (Wildman–Crippen LogP) is 1.81. The number of aromatic nitrogens is 4. The molecule has 1 N–H and O–H groups in total. The van der Waals surface area contributed by atoms with E-state index in [9.17, 15) is 4.79 Å². The van der Waals surface area contributed by atoms with Crippen LogP contribution in [-0.2, 0) is 9.53 Å². The Morgan fingerprint density at radius 3 is 2.83 bits per heavy atom. The Balaban J connectivity index is 2.11. The quantitative estimate of drug-likeness (QED) is 0.681. The molecule has 0 aliphatic carbocycles. The lowest BCUT2D eigenvalue weighted by Gasteiger charge is -1.94. The lowest BCUT2D eigenvalue weighted by atomic mass is 10.4. The number of H-pyrrole nitrogens is 1. The van der Waals surface area contributed by atoms with Gasteiger partial charge >= 0.3 is 5.97 Å². The Kier molecular flexibility index (Phi) is 3.97. The van der Waals surface area contributed by atoms with Crippen LogP contribution < -0.4 is 0 Å². The van der Waals surface area contributed by atoms with E-state index in [-0.39, 0.29) is 11.7 Å². The lowest BCUT2D eigenvalue weighted by molar-refractivity contribution is -0.137. The molecule has 0 aliphatic rings. The normalized spacial score (nSPS) is 10.6. The maximum Gasteiger partial charge on any atom is 0.316 e. The first kappa shape index (κ1) is 13.0. The fraction of sp³-hybridized carbons (Fsp3) is 0.400. The van der Waals surface area contributed by atoms with Crippen LogP contribution in [0.3, 0.4) is 0 Å². The highest BCUT2D eigenvalue weighted by Gasteiger charge is 2.13. The Hall–Kier alpha value is -1.41. The smallest absolute Gasteiger partial charge is 0.316 e. The number of nitrogens with one attached hydrogen (secondary N) is 1. The number of thioether (sulfide) groups is 1. The maximum atomic E-state index is 11.0. The van der Waals surface area contributed by atoms with E-state index in [1.807, 2.05) is 13.8 Å². The van der Waals surface area contributed by atoms with E-state index in [1.165, 1.54) is 18.9 Å². The first-order valence-corrected chi connectivity index (χ1v) is 6.96. The topological polar surface area (TPSA) is 80.8 Å². The average Bonchev–Trinajstić information content (AvgIpc) is 2.92. The monoisotopic (exact) mass is 284 g/mol. The highest BCUT2D eigenvalue weighted by molar-refractivity contribution is 7.99. The van der Waals surface area contributed by atoms with Gasteiger partial charge in [-0.3, -0.25) is 9.89 Å². The van der Waals surface area contributed by atoms with Gasteiger partial charge in [0.25, 0.3) is 0 Å². The molecule has 8 heteroatoms. The summed E-state index contributed by atoms with van der Waals surface area (Å²) in [6.07, 6.45) is 0. The summed E-state index contributed by atoms with van der Waals surface area (Å²) in [5.74, 6) is 0.593. The third kappa shape index (κ3) is 2.88. The molecule has 0 aliphatic heterocycles. The predicted molar refractivity (Wildman–Crippen MR) is 69.7 cm³/mol. The van der Waals surface area contributed by atoms with Gasteiger partial charge in [-0.05, 0) is 13.8 Å². The lowest BCUT2D eigenvalue weighted by Crippen LogP contribution is -2.03. The molecular weight excluding hydrogens is 272 g/mol. The number of methoxy groups -OCH3 is 1. The van der Waals surface area contributed by atoms with Gasteiger partial charge < -0.3 is 4.74 Å². The molecule has 2 aromatic rings. The summed E-state index contributed by atoms with van der Waals surface area (Å²) in [7, 11) is 1.36. The third-order valence-electron chi connectivity index (χ3n) is 2.13. The number of carbonyl (C=O) groups excluding carboxylic acids is 1. The SMILES string of the molecule is COC(=O)CSc1n[nH]c(-c2sc(C)nc2C)n1. The Bertz CT molecular complexity index is 564. The minimum absolute atomic E-state index is 0.203. The summed E-state index contributed by atoms with van der Waals surface area (Å²) < 4.78 is 4.55. The van der Waals surface area contributed by atoms with Crippen molar-refractivity contribution in [2.45, 2.75) is 19.0 Å². The highest BCUT2D eigenvalue weighted by atomic mass is 32.2. The van der Waals surface area contributed by atoms with Crippen molar-refractivity contribution in [2.24, 2.45) is 0 Å². The molecule has 0 aromatic carbocycles. The molecule has 18 heavy (non-hydrogen) atoms. The molecule has 0 bridgehead atoms. The van der Waals surface area contributed by atoms with Crippen LogP contribution in [0.1, 0.15) is 10.7 Å². The first-order chi connectivity index (χ1) is 8.60. The van der Waals surface area contributed by atoms with Crippen LogP contribution in [-0.4, -0.2) is 39.0 Å². The van der Waals surface area contributed by atoms with Crippen LogP contribution in [0.2, 0.25) is 0 Å². The van der Waals surface area contributed by atoms with Crippen LogP contribution >= 0.6 is 23.1 Å². The van der Waals surface area contributed by atoms with E-state index in [4.69, 9.17) is 0 Å². The molecule has 0 atom stereocenters. The van der Waals surface area contributed by atoms with Crippen LogP contribution in [0.15, 0.2) is 5.16 Å². The number of nitrogens with zero attached hydrogens (tertiary/aromatic N) is 3. The van der Waals surface area contributed by atoms with E-state index in [0.717, 1.165) is 15.6 Å². The van der Waals surface area contributed by atoms with Gasteiger partial charge in [-0.2, -0.15) is 0 Å². The van der Waals surface area contributed by atoms with E-state index < -0.39 is 0 Å². The highest BCUT2D eigenvalue weighted by Crippen LogP contribution is 2.27. The number of hydrogen-bond donors (Lipinski definition) is 1. The summed E-state index contributed by atoms with van der Waals surface area (Å²) in [4.78, 5) is 20.6. The van der Waals surface area contributed by atoms with Crippen molar-refractivity contribution in [3.05, 3.63) is 10.7 Å². The van der Waals surface area contributed by atoms with Gasteiger partial charge in [0.1, 0.15) is 0 Å². The van der Waals surface area contributed by atoms with Crippen LogP contribution in [0.25, 0.3) is 10.7 Å². The van der Waals surface area contributed by atoms with Gasteiger partial charge in [0.05, 0.1) is 28.4 Å². The van der Waals surface area contributed by atoms with Crippen molar-refractivity contribution in [1.29, 1.82) is 0 Å².